The van der Waals surface area contributed by atoms with Crippen molar-refractivity contribution >= 4 is 5.91 Å². The highest BCUT2D eigenvalue weighted by Gasteiger charge is 2.44. The lowest BCUT2D eigenvalue weighted by Crippen LogP contribution is -2.60. The first-order valence-electron chi connectivity index (χ1n) is 30.0. The lowest BCUT2D eigenvalue weighted by Gasteiger charge is -2.40. The molecule has 1 rings (SSSR count). The van der Waals surface area contributed by atoms with Crippen molar-refractivity contribution in [2.75, 3.05) is 13.2 Å². The lowest BCUT2D eigenvalue weighted by molar-refractivity contribution is -0.302. The minimum Gasteiger partial charge on any atom is -0.394 e. The molecule has 6 N–H and O–H groups in total. The quantitative estimate of drug-likeness (QED) is 0.0261. The first-order chi connectivity index (χ1) is 34.8. The van der Waals surface area contributed by atoms with Crippen LogP contribution in [0.4, 0.5) is 0 Å². The molecule has 414 valence electrons. The number of nitrogens with one attached hydrogen (secondary N) is 1. The molecule has 0 spiro atoms. The molecule has 7 unspecified atom stereocenters. The summed E-state index contributed by atoms with van der Waals surface area (Å²) in [6.45, 7) is 3.67. The fourth-order valence-corrected chi connectivity index (χ4v) is 9.39. The smallest absolute Gasteiger partial charge is 0.220 e. The Bertz CT molecular complexity index is 1300. The van der Waals surface area contributed by atoms with Gasteiger partial charge in [0.05, 0.1) is 25.4 Å². The van der Waals surface area contributed by atoms with Crippen LogP contribution in [0.2, 0.25) is 0 Å². The largest absolute Gasteiger partial charge is 0.394 e. The van der Waals surface area contributed by atoms with Gasteiger partial charge in [0.15, 0.2) is 6.29 Å². The number of rotatable bonds is 51. The summed E-state index contributed by atoms with van der Waals surface area (Å²) in [5.41, 5.74) is 0. The molecule has 0 saturated carbocycles. The van der Waals surface area contributed by atoms with Crippen LogP contribution in [-0.2, 0) is 14.3 Å². The minimum absolute atomic E-state index is 0.174. The second kappa shape index (κ2) is 51.4. The van der Waals surface area contributed by atoms with E-state index in [0.717, 1.165) is 64.2 Å². The van der Waals surface area contributed by atoms with Crippen LogP contribution in [0.5, 0.6) is 0 Å². The van der Waals surface area contributed by atoms with Crippen LogP contribution >= 0.6 is 0 Å². The third-order valence-corrected chi connectivity index (χ3v) is 14.1. The summed E-state index contributed by atoms with van der Waals surface area (Å²) >= 11 is 0. The molecule has 1 aliphatic rings. The fourth-order valence-electron chi connectivity index (χ4n) is 9.39. The fraction of sp³-hybridized carbons (Fsp3) is 0.823. The van der Waals surface area contributed by atoms with Crippen LogP contribution in [0.1, 0.15) is 271 Å². The highest BCUT2D eigenvalue weighted by Crippen LogP contribution is 2.23. The molecule has 0 aromatic rings. The number of allylic oxidation sites excluding steroid dienone is 9. The van der Waals surface area contributed by atoms with Crippen molar-refractivity contribution in [1.82, 2.24) is 5.32 Å². The molecule has 0 radical (unpaired) electrons. The molecular formula is C62H113NO8. The van der Waals surface area contributed by atoms with Crippen LogP contribution in [0.25, 0.3) is 0 Å². The molecule has 0 aromatic carbocycles. The maximum atomic E-state index is 13.0. The third-order valence-electron chi connectivity index (χ3n) is 14.1. The number of aliphatic hydroxyl groups is 5. The Morgan fingerprint density at radius 2 is 0.873 bits per heavy atom. The number of ether oxygens (including phenoxy) is 2. The van der Waals surface area contributed by atoms with Crippen LogP contribution in [0.3, 0.4) is 0 Å². The Labute approximate surface area is 436 Å². The van der Waals surface area contributed by atoms with Gasteiger partial charge in [-0.05, 0) is 57.8 Å². The summed E-state index contributed by atoms with van der Waals surface area (Å²) in [7, 11) is 0. The SMILES string of the molecule is CC/C=C\C/C=C\C/C=C\C/C=C\CCCCCCCCCCCCCCCCCCCCCCCCC(=O)NC(COC1OC(CO)C(O)C(O)C1O)C(O)/C=C/CCCCCCCCCCCCC. The lowest BCUT2D eigenvalue weighted by atomic mass is 9.99. The van der Waals surface area contributed by atoms with E-state index in [1.807, 2.05) is 6.08 Å². The van der Waals surface area contributed by atoms with Gasteiger partial charge in [-0.1, -0.05) is 267 Å². The number of hydrogen-bond donors (Lipinski definition) is 6. The minimum atomic E-state index is -1.57. The molecule has 7 atom stereocenters. The molecule has 0 aliphatic carbocycles. The van der Waals surface area contributed by atoms with Gasteiger partial charge < -0.3 is 40.3 Å². The summed E-state index contributed by atoms with van der Waals surface area (Å²) in [6, 6.07) is -0.803. The van der Waals surface area contributed by atoms with Crippen molar-refractivity contribution in [1.29, 1.82) is 0 Å². The van der Waals surface area contributed by atoms with E-state index in [1.54, 1.807) is 6.08 Å². The summed E-state index contributed by atoms with van der Waals surface area (Å²) in [5.74, 6) is -0.174. The van der Waals surface area contributed by atoms with Crippen molar-refractivity contribution in [3.63, 3.8) is 0 Å². The van der Waals surface area contributed by atoms with E-state index < -0.39 is 49.5 Å². The standard InChI is InChI=1S/C62H113NO8/c1-3-5-7-9-11-13-15-17-18-19-20-21-22-23-24-25-26-27-28-29-30-31-32-33-34-35-36-37-38-40-42-44-46-48-50-52-58(66)63-55(54-70-62-61(69)60(68)59(67)57(53-64)71-62)56(65)51-49-47-45-43-41-39-16-14-12-10-8-6-4-2/h5,7,11,13,17-18,20-21,49,51,55-57,59-62,64-65,67-69H,3-4,6,8-10,12,14-16,19,22-48,50,52-54H2,1-2H3,(H,63,66)/b7-5-,13-11-,18-17-,21-20-,51-49+. The normalized spacial score (nSPS) is 19.7. The number of amides is 1. The number of carbonyl (C=O) groups is 1. The highest BCUT2D eigenvalue weighted by atomic mass is 16.7. The Morgan fingerprint density at radius 3 is 1.30 bits per heavy atom. The van der Waals surface area contributed by atoms with E-state index >= 15 is 0 Å². The van der Waals surface area contributed by atoms with E-state index in [4.69, 9.17) is 9.47 Å². The average Bonchev–Trinajstić information content (AvgIpc) is 3.37. The van der Waals surface area contributed by atoms with Crippen molar-refractivity contribution in [2.24, 2.45) is 0 Å². The second-order valence-electron chi connectivity index (χ2n) is 20.8. The predicted octanol–water partition coefficient (Wildman–Crippen LogP) is 15.1. The van der Waals surface area contributed by atoms with Gasteiger partial charge in [-0.25, -0.2) is 0 Å². The average molecular weight is 1000 g/mol. The van der Waals surface area contributed by atoms with E-state index in [9.17, 15) is 30.3 Å². The molecule has 1 fully saturated rings. The molecule has 9 heteroatoms. The molecule has 0 bridgehead atoms. The molecule has 1 heterocycles. The van der Waals surface area contributed by atoms with Gasteiger partial charge in [0.2, 0.25) is 5.91 Å². The van der Waals surface area contributed by atoms with Crippen LogP contribution < -0.4 is 5.32 Å². The van der Waals surface area contributed by atoms with Crippen LogP contribution in [0.15, 0.2) is 60.8 Å². The summed E-state index contributed by atoms with van der Waals surface area (Å²) < 4.78 is 11.3. The Balaban J connectivity index is 2.08. The molecule has 71 heavy (non-hydrogen) atoms. The van der Waals surface area contributed by atoms with Crippen molar-refractivity contribution < 1.29 is 39.8 Å². The number of carbonyl (C=O) groups excluding carboxylic acids is 1. The van der Waals surface area contributed by atoms with Gasteiger partial charge >= 0.3 is 0 Å². The number of hydrogen-bond acceptors (Lipinski definition) is 8. The van der Waals surface area contributed by atoms with Gasteiger partial charge in [-0.3, -0.25) is 4.79 Å². The van der Waals surface area contributed by atoms with Gasteiger partial charge in [-0.15, -0.1) is 0 Å². The molecule has 9 nitrogen and oxygen atoms in total. The van der Waals surface area contributed by atoms with E-state index in [0.29, 0.717) is 6.42 Å². The van der Waals surface area contributed by atoms with E-state index in [2.05, 4.69) is 67.8 Å². The van der Waals surface area contributed by atoms with E-state index in [1.165, 1.54) is 186 Å². The summed E-state index contributed by atoms with van der Waals surface area (Å²) in [6.07, 6.45) is 63.1. The Kier molecular flexibility index (Phi) is 48.4. The first-order valence-corrected chi connectivity index (χ1v) is 30.0. The first kappa shape index (κ1) is 66.9. The van der Waals surface area contributed by atoms with Crippen molar-refractivity contribution in [3.05, 3.63) is 60.8 Å². The Hall–Kier alpha value is -2.11. The monoisotopic (exact) mass is 1000 g/mol. The van der Waals surface area contributed by atoms with Crippen molar-refractivity contribution in [3.8, 4) is 0 Å². The molecule has 0 aromatic heterocycles. The van der Waals surface area contributed by atoms with Gasteiger partial charge in [-0.2, -0.15) is 0 Å². The molecule has 1 saturated heterocycles. The maximum Gasteiger partial charge on any atom is 0.220 e. The van der Waals surface area contributed by atoms with Crippen molar-refractivity contribution in [2.45, 2.75) is 314 Å². The van der Waals surface area contributed by atoms with Crippen LogP contribution in [0, 0.1) is 0 Å². The van der Waals surface area contributed by atoms with Gasteiger partial charge in [0, 0.05) is 6.42 Å². The molecule has 1 aliphatic heterocycles. The summed E-state index contributed by atoms with van der Waals surface area (Å²) in [5, 5.41) is 54.4. The van der Waals surface area contributed by atoms with E-state index in [-0.39, 0.29) is 12.5 Å². The number of aliphatic hydroxyl groups excluding tert-OH is 5. The predicted molar refractivity (Wildman–Crippen MR) is 299 cm³/mol. The Morgan fingerprint density at radius 1 is 0.493 bits per heavy atom. The second-order valence-corrected chi connectivity index (χ2v) is 20.8. The maximum absolute atomic E-state index is 13.0. The molecular weight excluding hydrogens is 887 g/mol. The van der Waals surface area contributed by atoms with Gasteiger partial charge in [0.25, 0.3) is 0 Å². The third kappa shape index (κ3) is 40.9. The zero-order valence-electron chi connectivity index (χ0n) is 46.0. The van der Waals surface area contributed by atoms with Crippen LogP contribution in [-0.4, -0.2) is 87.5 Å². The zero-order valence-corrected chi connectivity index (χ0v) is 46.0. The van der Waals surface area contributed by atoms with Gasteiger partial charge in [0.1, 0.15) is 24.4 Å². The molecule has 1 amide bonds. The number of unbranched alkanes of at least 4 members (excludes halogenated alkanes) is 33. The highest BCUT2D eigenvalue weighted by molar-refractivity contribution is 5.76. The topological polar surface area (TPSA) is 149 Å². The zero-order chi connectivity index (χ0) is 51.5. The summed E-state index contributed by atoms with van der Waals surface area (Å²) in [4.78, 5) is 13.0.